The fraction of sp³-hybridized carbons (Fsp3) is 0.281. The van der Waals surface area contributed by atoms with Gasteiger partial charge in [0, 0.05) is 24.5 Å². The summed E-state index contributed by atoms with van der Waals surface area (Å²) in [6.07, 6.45) is 0.686. The second-order valence-corrected chi connectivity index (χ2v) is 12.5. The van der Waals surface area contributed by atoms with Crippen LogP contribution in [0.15, 0.2) is 83.9 Å². The number of nitrogens with zero attached hydrogens (tertiary/aromatic N) is 2. The van der Waals surface area contributed by atoms with Crippen molar-refractivity contribution in [3.63, 3.8) is 0 Å². The molecular weight excluding hydrogens is 587 g/mol. The van der Waals surface area contributed by atoms with Crippen molar-refractivity contribution in [2.45, 2.75) is 50.5 Å². The highest BCUT2D eigenvalue weighted by Crippen LogP contribution is 2.33. The number of benzene rings is 2. The van der Waals surface area contributed by atoms with Gasteiger partial charge in [-0.15, -0.1) is 0 Å². The first-order valence-corrected chi connectivity index (χ1v) is 15.6. The molecule has 1 fully saturated rings. The van der Waals surface area contributed by atoms with E-state index in [1.165, 1.54) is 42.5 Å². The minimum Gasteiger partial charge on any atom is -0.493 e. The summed E-state index contributed by atoms with van der Waals surface area (Å²) in [5.74, 6) is -1.05. The number of nitrogen functional groups attached to an aromatic ring is 1. The van der Waals surface area contributed by atoms with Crippen molar-refractivity contribution in [3.05, 3.63) is 95.8 Å². The summed E-state index contributed by atoms with van der Waals surface area (Å²) in [5, 5.41) is -0.413. The number of halogens is 1. The molecule has 1 aliphatic carbocycles. The van der Waals surface area contributed by atoms with Gasteiger partial charge in [0.05, 0.1) is 25.0 Å². The van der Waals surface area contributed by atoms with E-state index in [4.69, 9.17) is 19.9 Å². The van der Waals surface area contributed by atoms with Gasteiger partial charge in [0.2, 0.25) is 5.88 Å². The number of hydrogen-bond acceptors (Lipinski definition) is 9. The Hall–Kier alpha value is -4.55. The maximum atomic E-state index is 14.5. The molecule has 0 spiro atoms. The molecule has 0 radical (unpaired) electrons. The summed E-state index contributed by atoms with van der Waals surface area (Å²) in [6, 6.07) is 20.9. The first-order valence-electron chi connectivity index (χ1n) is 14.1. The smallest absolute Gasteiger partial charge is 0.281 e. The minimum absolute atomic E-state index is 0.0174. The van der Waals surface area contributed by atoms with Crippen molar-refractivity contribution >= 4 is 21.7 Å². The van der Waals surface area contributed by atoms with Crippen LogP contribution in [0.1, 0.15) is 42.6 Å². The Kier molecular flexibility index (Phi) is 9.40. The highest BCUT2D eigenvalue weighted by atomic mass is 32.2. The van der Waals surface area contributed by atoms with E-state index in [1.54, 1.807) is 6.07 Å². The Morgan fingerprint density at radius 3 is 2.50 bits per heavy atom. The van der Waals surface area contributed by atoms with Gasteiger partial charge < -0.3 is 19.9 Å². The van der Waals surface area contributed by atoms with E-state index in [0.29, 0.717) is 43.1 Å². The van der Waals surface area contributed by atoms with Gasteiger partial charge in [0.1, 0.15) is 29.1 Å². The van der Waals surface area contributed by atoms with Crippen molar-refractivity contribution in [3.8, 4) is 22.9 Å². The molecule has 12 heteroatoms. The maximum absolute atomic E-state index is 14.5. The number of anilines is 1. The lowest BCUT2D eigenvalue weighted by atomic mass is 9.92. The average Bonchev–Trinajstić information content (AvgIpc) is 2.97. The molecule has 10 nitrogen and oxygen atoms in total. The van der Waals surface area contributed by atoms with Gasteiger partial charge in [-0.25, -0.2) is 19.1 Å². The van der Waals surface area contributed by atoms with Gasteiger partial charge in [-0.2, -0.15) is 8.42 Å². The van der Waals surface area contributed by atoms with E-state index in [9.17, 15) is 17.6 Å². The minimum atomic E-state index is -4.36. The molecule has 1 aliphatic rings. The van der Waals surface area contributed by atoms with Crippen LogP contribution in [0.4, 0.5) is 10.2 Å². The van der Waals surface area contributed by atoms with E-state index in [-0.39, 0.29) is 35.4 Å². The van der Waals surface area contributed by atoms with E-state index in [1.807, 2.05) is 48.9 Å². The SMILES string of the molecule is CC(C)COc1cc(F)cc(-c2ccc(C(=O)NS(=O)(=O)c3cccc(N)n3)c(OC3CC(OCc4ccccc4)C3)n2)c1. The van der Waals surface area contributed by atoms with Crippen molar-refractivity contribution < 1.29 is 31.8 Å². The van der Waals surface area contributed by atoms with E-state index >= 15 is 0 Å². The fourth-order valence-corrected chi connectivity index (χ4v) is 5.37. The Labute approximate surface area is 255 Å². The first kappa shape index (κ1) is 30.9. The van der Waals surface area contributed by atoms with E-state index in [2.05, 4.69) is 9.97 Å². The number of carbonyl (C=O) groups excluding carboxylic acids is 1. The van der Waals surface area contributed by atoms with Gasteiger partial charge >= 0.3 is 0 Å². The third-order valence-electron chi connectivity index (χ3n) is 6.76. The molecule has 0 atom stereocenters. The number of sulfonamides is 1. The topological polar surface area (TPSA) is 143 Å². The molecule has 4 aromatic rings. The Bertz CT molecular complexity index is 1730. The fourth-order valence-electron chi connectivity index (χ4n) is 4.43. The lowest BCUT2D eigenvalue weighted by molar-refractivity contribution is -0.0695. The molecule has 2 heterocycles. The third-order valence-corrected chi connectivity index (χ3v) is 7.99. The van der Waals surface area contributed by atoms with Crippen LogP contribution in [0.5, 0.6) is 11.6 Å². The zero-order chi connectivity index (χ0) is 31.3. The lowest BCUT2D eigenvalue weighted by Gasteiger charge is -2.35. The number of hydrogen-bond donors (Lipinski definition) is 2. The van der Waals surface area contributed by atoms with Gasteiger partial charge in [-0.1, -0.05) is 50.2 Å². The predicted molar refractivity (Wildman–Crippen MR) is 162 cm³/mol. The predicted octanol–water partition coefficient (Wildman–Crippen LogP) is 5.15. The molecule has 2 aromatic heterocycles. The van der Waals surface area contributed by atoms with Crippen LogP contribution in [0.2, 0.25) is 0 Å². The number of amides is 1. The third kappa shape index (κ3) is 7.88. The molecule has 0 aliphatic heterocycles. The molecule has 2 aromatic carbocycles. The molecule has 44 heavy (non-hydrogen) atoms. The second-order valence-electron chi connectivity index (χ2n) is 10.9. The van der Waals surface area contributed by atoms with Crippen LogP contribution in [0.3, 0.4) is 0 Å². The molecule has 1 saturated carbocycles. The molecule has 5 rings (SSSR count). The van der Waals surface area contributed by atoms with E-state index < -0.39 is 26.8 Å². The number of carbonyl (C=O) groups is 1. The normalized spacial score (nSPS) is 16.3. The molecule has 0 saturated heterocycles. The number of nitrogens with one attached hydrogen (secondary N) is 1. The number of aromatic nitrogens is 2. The van der Waals surface area contributed by atoms with E-state index in [0.717, 1.165) is 5.56 Å². The molecule has 0 unspecified atom stereocenters. The number of pyridine rings is 2. The molecule has 3 N–H and O–H groups in total. The molecule has 1 amide bonds. The van der Waals surface area contributed by atoms with Crippen molar-refractivity contribution in [2.24, 2.45) is 5.92 Å². The zero-order valence-corrected chi connectivity index (χ0v) is 25.1. The molecule has 230 valence electrons. The Balaban J connectivity index is 1.38. The van der Waals surface area contributed by atoms with Crippen molar-refractivity contribution in [1.82, 2.24) is 14.7 Å². The number of ether oxygens (including phenoxy) is 3. The quantitative estimate of drug-likeness (QED) is 0.220. The summed E-state index contributed by atoms with van der Waals surface area (Å²) in [4.78, 5) is 21.6. The standard InChI is InChI=1S/C32H33FN4O6S/c1-20(2)18-41-24-14-22(13-23(33)15-24)28-12-11-27(31(38)37-44(39,40)30-10-6-9-29(34)36-30)32(35-28)43-26-16-25(17-26)42-19-21-7-4-3-5-8-21/h3-15,20,25-26H,16-19H2,1-2H3,(H2,34,36)(H,37,38). The van der Waals surface area contributed by atoms with Crippen molar-refractivity contribution in [2.75, 3.05) is 12.3 Å². The van der Waals surface area contributed by atoms with Gasteiger partial charge in [-0.3, -0.25) is 4.79 Å². The molecule has 0 bridgehead atoms. The summed E-state index contributed by atoms with van der Waals surface area (Å²) in [5.41, 5.74) is 7.26. The monoisotopic (exact) mass is 620 g/mol. The first-order chi connectivity index (χ1) is 21.1. The maximum Gasteiger partial charge on any atom is 0.281 e. The highest BCUT2D eigenvalue weighted by Gasteiger charge is 2.34. The van der Waals surface area contributed by atoms with Gasteiger partial charge in [0.15, 0.2) is 5.03 Å². The van der Waals surface area contributed by atoms with Crippen LogP contribution < -0.4 is 19.9 Å². The van der Waals surface area contributed by atoms with Crippen LogP contribution >= 0.6 is 0 Å². The average molecular weight is 621 g/mol. The Morgan fingerprint density at radius 1 is 1.00 bits per heavy atom. The lowest BCUT2D eigenvalue weighted by Crippen LogP contribution is -2.40. The summed E-state index contributed by atoms with van der Waals surface area (Å²) in [6.45, 7) is 4.82. The van der Waals surface area contributed by atoms with Crippen LogP contribution in [0, 0.1) is 11.7 Å². The zero-order valence-electron chi connectivity index (χ0n) is 24.3. The summed E-state index contributed by atoms with van der Waals surface area (Å²) < 4.78 is 60.1. The van der Waals surface area contributed by atoms with Crippen LogP contribution in [0.25, 0.3) is 11.3 Å². The largest absolute Gasteiger partial charge is 0.493 e. The molecular formula is C32H33FN4O6S. The van der Waals surface area contributed by atoms with Gasteiger partial charge in [0.25, 0.3) is 15.9 Å². The number of nitrogens with two attached hydrogens (primary N) is 1. The highest BCUT2D eigenvalue weighted by molar-refractivity contribution is 7.90. The summed E-state index contributed by atoms with van der Waals surface area (Å²) >= 11 is 0. The van der Waals surface area contributed by atoms with Crippen molar-refractivity contribution in [1.29, 1.82) is 0 Å². The van der Waals surface area contributed by atoms with Crippen LogP contribution in [-0.2, 0) is 21.4 Å². The Morgan fingerprint density at radius 2 is 1.77 bits per heavy atom. The number of rotatable bonds is 12. The second kappa shape index (κ2) is 13.4. The van der Waals surface area contributed by atoms with Crippen LogP contribution in [-0.4, -0.2) is 43.1 Å². The van der Waals surface area contributed by atoms with Gasteiger partial charge in [-0.05, 0) is 47.9 Å². The summed E-state index contributed by atoms with van der Waals surface area (Å²) in [7, 11) is -4.36.